The van der Waals surface area contributed by atoms with E-state index in [1.807, 2.05) is 0 Å². The lowest BCUT2D eigenvalue weighted by atomic mass is 10.2. The van der Waals surface area contributed by atoms with E-state index in [1.54, 1.807) is 20.8 Å². The molecule has 0 aromatic carbocycles. The summed E-state index contributed by atoms with van der Waals surface area (Å²) in [6, 6.07) is 0. The maximum absolute atomic E-state index is 13.4. The quantitative estimate of drug-likeness (QED) is 0.551. The van der Waals surface area contributed by atoms with Crippen LogP contribution in [0.5, 0.6) is 0 Å². The van der Waals surface area contributed by atoms with Crippen LogP contribution in [0.3, 0.4) is 0 Å². The first-order valence-corrected chi connectivity index (χ1v) is 9.99. The summed E-state index contributed by atoms with van der Waals surface area (Å²) >= 11 is 0. The van der Waals surface area contributed by atoms with Gasteiger partial charge in [-0.05, 0) is 20.8 Å². The van der Waals surface area contributed by atoms with Gasteiger partial charge < -0.3 is 14.2 Å². The van der Waals surface area contributed by atoms with Gasteiger partial charge in [-0.15, -0.1) is 0 Å². The topological polar surface area (TPSA) is 110 Å². The summed E-state index contributed by atoms with van der Waals surface area (Å²) in [4.78, 5) is 12.0. The molecule has 6 unspecified atom stereocenters. The molecule has 10 nitrogen and oxygen atoms in total. The molecule has 11 heteroatoms. The highest BCUT2D eigenvalue weighted by Gasteiger charge is 2.41. The van der Waals surface area contributed by atoms with Crippen LogP contribution in [0, 0.1) is 0 Å². The van der Waals surface area contributed by atoms with Crippen LogP contribution >= 0.6 is 7.82 Å². The molecular weight excluding hydrogens is 365 g/mol. The molecule has 146 valence electrons. The van der Waals surface area contributed by atoms with Crippen molar-refractivity contribution in [2.75, 3.05) is 19.6 Å². The summed E-state index contributed by atoms with van der Waals surface area (Å²) in [6.45, 7) is 6.47. The van der Waals surface area contributed by atoms with Gasteiger partial charge in [-0.25, -0.2) is 4.57 Å². The van der Waals surface area contributed by atoms with Crippen LogP contribution in [0.2, 0.25) is 0 Å². The van der Waals surface area contributed by atoms with Crippen LogP contribution in [-0.2, 0) is 32.3 Å². The fourth-order valence-corrected chi connectivity index (χ4v) is 4.38. The van der Waals surface area contributed by atoms with Gasteiger partial charge in [0.1, 0.15) is 36.6 Å². The SMILES string of the molecule is CC(OP(=O)(OC(C)C1CN=CO1)OC(C)C1CN=CO1)C1CN=CO1. The van der Waals surface area contributed by atoms with Crippen molar-refractivity contribution >= 4 is 27.0 Å². The highest BCUT2D eigenvalue weighted by atomic mass is 31.2. The number of phosphoric ester groups is 1. The average molecular weight is 389 g/mol. The Morgan fingerprint density at radius 2 is 1.08 bits per heavy atom. The Morgan fingerprint density at radius 3 is 1.31 bits per heavy atom. The summed E-state index contributed by atoms with van der Waals surface area (Å²) in [5, 5.41) is 0. The number of phosphoric acid groups is 1. The zero-order valence-electron chi connectivity index (χ0n) is 15.0. The maximum Gasteiger partial charge on any atom is 0.475 e. The first-order valence-electron chi connectivity index (χ1n) is 8.53. The van der Waals surface area contributed by atoms with Crippen LogP contribution in [0.15, 0.2) is 15.0 Å². The van der Waals surface area contributed by atoms with E-state index in [4.69, 9.17) is 27.8 Å². The van der Waals surface area contributed by atoms with E-state index >= 15 is 0 Å². The minimum Gasteiger partial charge on any atom is -0.476 e. The Labute approximate surface area is 152 Å². The smallest absolute Gasteiger partial charge is 0.475 e. The number of nitrogens with zero attached hydrogens (tertiary/aromatic N) is 3. The Bertz CT molecular complexity index is 509. The molecule has 6 atom stereocenters. The van der Waals surface area contributed by atoms with Crippen LogP contribution in [0.1, 0.15) is 20.8 Å². The Morgan fingerprint density at radius 1 is 0.769 bits per heavy atom. The molecule has 3 aliphatic rings. The third-order valence-electron chi connectivity index (χ3n) is 4.24. The highest BCUT2D eigenvalue weighted by Crippen LogP contribution is 2.54. The Kier molecular flexibility index (Phi) is 6.29. The Balaban J connectivity index is 1.65. The third-order valence-corrected chi connectivity index (χ3v) is 6.02. The lowest BCUT2D eigenvalue weighted by Crippen LogP contribution is -2.34. The van der Waals surface area contributed by atoms with E-state index in [1.165, 1.54) is 19.2 Å². The van der Waals surface area contributed by atoms with Gasteiger partial charge in [-0.3, -0.25) is 28.5 Å². The van der Waals surface area contributed by atoms with Crippen molar-refractivity contribution in [3.8, 4) is 0 Å². The minimum atomic E-state index is -3.95. The van der Waals surface area contributed by atoms with Crippen molar-refractivity contribution in [2.45, 2.75) is 57.4 Å². The molecule has 0 saturated carbocycles. The summed E-state index contributed by atoms with van der Waals surface area (Å²) in [6.07, 6.45) is 1.37. The van der Waals surface area contributed by atoms with E-state index < -0.39 is 26.1 Å². The Hall–Kier alpha value is -1.48. The van der Waals surface area contributed by atoms with E-state index in [2.05, 4.69) is 15.0 Å². The van der Waals surface area contributed by atoms with Gasteiger partial charge in [0, 0.05) is 0 Å². The van der Waals surface area contributed by atoms with Crippen molar-refractivity contribution in [1.82, 2.24) is 0 Å². The van der Waals surface area contributed by atoms with Gasteiger partial charge in [0.15, 0.2) is 19.2 Å². The van der Waals surface area contributed by atoms with Crippen molar-refractivity contribution < 1.29 is 32.3 Å². The van der Waals surface area contributed by atoms with Crippen LogP contribution < -0.4 is 0 Å². The van der Waals surface area contributed by atoms with Crippen LogP contribution in [0.25, 0.3) is 0 Å². The largest absolute Gasteiger partial charge is 0.476 e. The molecular formula is C15H24N3O7P. The molecule has 0 aromatic rings. The second-order valence-corrected chi connectivity index (χ2v) is 7.84. The first kappa shape index (κ1) is 19.3. The predicted molar refractivity (Wildman–Crippen MR) is 93.9 cm³/mol. The molecule has 0 bridgehead atoms. The molecule has 0 aromatic heterocycles. The van der Waals surface area contributed by atoms with E-state index in [9.17, 15) is 4.57 Å². The number of rotatable bonds is 9. The second-order valence-electron chi connectivity index (χ2n) is 6.31. The predicted octanol–water partition coefficient (Wildman–Crippen LogP) is 1.59. The van der Waals surface area contributed by atoms with Crippen LogP contribution in [-0.4, -0.2) is 75.5 Å². The molecule has 0 spiro atoms. The average Bonchev–Trinajstić information content (AvgIpc) is 3.37. The molecule has 0 fully saturated rings. The standard InChI is InChI=1S/C15H24N3O7P/c1-10(13-4-16-7-20-13)23-26(19,24-11(2)14-5-17-8-21-14)25-12(3)15-6-18-9-22-15/h7-15H,4-6H2,1-3H3. The van der Waals surface area contributed by atoms with E-state index in [0.29, 0.717) is 19.6 Å². The molecule has 3 aliphatic heterocycles. The highest BCUT2D eigenvalue weighted by molar-refractivity contribution is 7.48. The van der Waals surface area contributed by atoms with Crippen molar-refractivity contribution in [2.24, 2.45) is 15.0 Å². The molecule has 0 aliphatic carbocycles. The maximum atomic E-state index is 13.4. The van der Waals surface area contributed by atoms with E-state index in [-0.39, 0.29) is 18.3 Å². The number of hydrogen-bond acceptors (Lipinski definition) is 10. The summed E-state index contributed by atoms with van der Waals surface area (Å²) in [5.74, 6) is 0. The van der Waals surface area contributed by atoms with E-state index in [0.717, 1.165) is 0 Å². The van der Waals surface area contributed by atoms with Gasteiger partial charge >= 0.3 is 7.82 Å². The number of hydrogen-bond donors (Lipinski definition) is 0. The fraction of sp³-hybridized carbons (Fsp3) is 0.800. The summed E-state index contributed by atoms with van der Waals surface area (Å²) in [5.41, 5.74) is 0. The molecule has 3 rings (SSSR count). The molecule has 0 saturated heterocycles. The molecule has 3 heterocycles. The monoisotopic (exact) mass is 389 g/mol. The molecule has 26 heavy (non-hydrogen) atoms. The lowest BCUT2D eigenvalue weighted by molar-refractivity contribution is -0.0258. The van der Waals surface area contributed by atoms with Gasteiger partial charge in [0.25, 0.3) is 0 Å². The zero-order valence-corrected chi connectivity index (χ0v) is 15.9. The van der Waals surface area contributed by atoms with Gasteiger partial charge in [-0.2, -0.15) is 0 Å². The van der Waals surface area contributed by atoms with Crippen molar-refractivity contribution in [1.29, 1.82) is 0 Å². The summed E-state index contributed by atoms with van der Waals surface area (Å²) in [7, 11) is -3.95. The second kappa shape index (κ2) is 8.47. The fourth-order valence-electron chi connectivity index (χ4n) is 2.60. The van der Waals surface area contributed by atoms with Crippen molar-refractivity contribution in [3.05, 3.63) is 0 Å². The summed E-state index contributed by atoms with van der Waals surface area (Å²) < 4.78 is 46.4. The lowest BCUT2D eigenvalue weighted by Gasteiger charge is -2.30. The third kappa shape index (κ3) is 4.82. The minimum absolute atomic E-state index is 0.349. The van der Waals surface area contributed by atoms with Gasteiger partial charge in [-0.1, -0.05) is 0 Å². The van der Waals surface area contributed by atoms with Gasteiger partial charge in [0.2, 0.25) is 0 Å². The zero-order chi connectivity index (χ0) is 18.6. The molecule has 0 amide bonds. The van der Waals surface area contributed by atoms with Crippen molar-refractivity contribution in [3.63, 3.8) is 0 Å². The first-order chi connectivity index (χ1) is 12.5. The number of ether oxygens (including phenoxy) is 3. The molecule has 0 N–H and O–H groups in total. The number of aliphatic imine (C=N–C) groups is 3. The molecule has 0 radical (unpaired) electrons. The van der Waals surface area contributed by atoms with Gasteiger partial charge in [0.05, 0.1) is 19.6 Å². The van der Waals surface area contributed by atoms with Crippen LogP contribution in [0.4, 0.5) is 0 Å². The normalized spacial score (nSPS) is 32.5.